The molecule has 1 heterocycles. The maximum Gasteiger partial charge on any atom is 0.243 e. The van der Waals surface area contributed by atoms with Crippen LogP contribution < -0.4 is 5.32 Å². The number of nitrogens with zero attached hydrogens (tertiary/aromatic N) is 2. The van der Waals surface area contributed by atoms with E-state index in [4.69, 9.17) is 0 Å². The van der Waals surface area contributed by atoms with E-state index in [9.17, 15) is 13.2 Å². The van der Waals surface area contributed by atoms with Crippen LogP contribution in [-0.4, -0.2) is 56.3 Å². The summed E-state index contributed by atoms with van der Waals surface area (Å²) < 4.78 is 28.4. The molecule has 1 N–H and O–H groups in total. The monoisotopic (exact) mass is 457 g/mol. The average molecular weight is 458 g/mol. The molecule has 1 aliphatic rings. The zero-order valence-electron chi connectivity index (χ0n) is 20.1. The van der Waals surface area contributed by atoms with Crippen LogP contribution in [0.1, 0.15) is 40.3 Å². The Hall–Kier alpha value is -2.22. The molecular formula is C25H35N3O3S. The van der Waals surface area contributed by atoms with Crippen molar-refractivity contribution in [2.45, 2.75) is 52.9 Å². The van der Waals surface area contributed by atoms with Gasteiger partial charge in [0, 0.05) is 31.9 Å². The number of carbonyl (C=O) groups excluding carboxylic acids is 1. The number of para-hydroxylation sites is 1. The Kier molecular flexibility index (Phi) is 7.43. The first-order valence-corrected chi connectivity index (χ1v) is 12.7. The molecule has 3 rings (SSSR count). The average Bonchev–Trinajstić information content (AvgIpc) is 2.74. The summed E-state index contributed by atoms with van der Waals surface area (Å²) in [6.45, 7) is 13.8. The fourth-order valence-corrected chi connectivity index (χ4v) is 6.41. The number of benzene rings is 2. The minimum Gasteiger partial charge on any atom is -0.324 e. The predicted octanol–water partition coefficient (Wildman–Crippen LogP) is 3.74. The molecule has 0 atom stereocenters. The summed E-state index contributed by atoms with van der Waals surface area (Å²) in [6, 6.07) is 8.07. The molecule has 7 heteroatoms. The van der Waals surface area contributed by atoms with E-state index >= 15 is 0 Å². The highest BCUT2D eigenvalue weighted by Gasteiger charge is 2.32. The molecule has 0 saturated carbocycles. The quantitative estimate of drug-likeness (QED) is 0.718. The van der Waals surface area contributed by atoms with Crippen molar-refractivity contribution in [1.82, 2.24) is 9.21 Å². The molecule has 0 spiro atoms. The number of rotatable bonds is 6. The van der Waals surface area contributed by atoms with Gasteiger partial charge < -0.3 is 5.32 Å². The third-order valence-corrected chi connectivity index (χ3v) is 8.77. The number of nitrogens with one attached hydrogen (secondary N) is 1. The van der Waals surface area contributed by atoms with Crippen molar-refractivity contribution in [3.8, 4) is 0 Å². The van der Waals surface area contributed by atoms with E-state index in [1.807, 2.05) is 63.8 Å². The second-order valence-electron chi connectivity index (χ2n) is 8.78. The summed E-state index contributed by atoms with van der Waals surface area (Å²) in [5, 5.41) is 3.06. The van der Waals surface area contributed by atoms with Gasteiger partial charge in [0.1, 0.15) is 0 Å². The lowest BCUT2D eigenvalue weighted by molar-refractivity contribution is -0.117. The van der Waals surface area contributed by atoms with E-state index in [0.29, 0.717) is 31.1 Å². The van der Waals surface area contributed by atoms with Gasteiger partial charge >= 0.3 is 0 Å². The fraction of sp³-hybridized carbons (Fsp3) is 0.480. The van der Waals surface area contributed by atoms with Crippen molar-refractivity contribution in [3.63, 3.8) is 0 Å². The summed E-state index contributed by atoms with van der Waals surface area (Å²) in [5.41, 5.74) is 6.68. The second-order valence-corrected chi connectivity index (χ2v) is 10.7. The zero-order chi connectivity index (χ0) is 23.6. The van der Waals surface area contributed by atoms with Gasteiger partial charge in [-0.1, -0.05) is 31.2 Å². The molecule has 0 aliphatic carbocycles. The van der Waals surface area contributed by atoms with Crippen LogP contribution >= 0.6 is 0 Å². The Morgan fingerprint density at radius 1 is 0.938 bits per heavy atom. The fourth-order valence-electron chi connectivity index (χ4n) is 4.41. The van der Waals surface area contributed by atoms with Gasteiger partial charge in [-0.15, -0.1) is 0 Å². The van der Waals surface area contributed by atoms with E-state index in [2.05, 4.69) is 12.2 Å². The molecule has 0 bridgehead atoms. The highest BCUT2D eigenvalue weighted by Crippen LogP contribution is 2.29. The number of piperazine rings is 1. The first kappa shape index (κ1) is 24.4. The van der Waals surface area contributed by atoms with Crippen LogP contribution in [0.2, 0.25) is 0 Å². The number of amides is 1. The van der Waals surface area contributed by atoms with Crippen LogP contribution in [0.5, 0.6) is 0 Å². The van der Waals surface area contributed by atoms with Crippen LogP contribution in [0, 0.1) is 34.6 Å². The Balaban J connectivity index is 1.67. The highest BCUT2D eigenvalue weighted by molar-refractivity contribution is 7.89. The Bertz CT molecular complexity index is 1090. The van der Waals surface area contributed by atoms with Crippen molar-refractivity contribution in [2.75, 3.05) is 38.0 Å². The third kappa shape index (κ3) is 4.90. The number of anilines is 1. The zero-order valence-corrected chi connectivity index (χ0v) is 20.9. The van der Waals surface area contributed by atoms with Gasteiger partial charge in [-0.05, 0) is 74.4 Å². The van der Waals surface area contributed by atoms with Gasteiger partial charge in [0.25, 0.3) is 0 Å². The van der Waals surface area contributed by atoms with Gasteiger partial charge in [0.15, 0.2) is 0 Å². The summed E-state index contributed by atoms with van der Waals surface area (Å²) in [6.07, 6.45) is 0.852. The van der Waals surface area contributed by atoms with Crippen LogP contribution in [0.4, 0.5) is 5.69 Å². The van der Waals surface area contributed by atoms with Crippen molar-refractivity contribution >= 4 is 21.6 Å². The lowest BCUT2D eigenvalue weighted by Gasteiger charge is -2.34. The van der Waals surface area contributed by atoms with Crippen LogP contribution in [0.15, 0.2) is 29.2 Å². The van der Waals surface area contributed by atoms with E-state index in [-0.39, 0.29) is 12.5 Å². The summed E-state index contributed by atoms with van der Waals surface area (Å²) >= 11 is 0. The van der Waals surface area contributed by atoms with E-state index in [1.54, 1.807) is 4.31 Å². The Morgan fingerprint density at radius 3 is 2.09 bits per heavy atom. The highest BCUT2D eigenvalue weighted by atomic mass is 32.2. The molecule has 0 unspecified atom stereocenters. The smallest absolute Gasteiger partial charge is 0.243 e. The topological polar surface area (TPSA) is 69.7 Å². The number of carbonyl (C=O) groups is 1. The minimum atomic E-state index is -3.58. The van der Waals surface area contributed by atoms with Crippen LogP contribution in [-0.2, 0) is 21.2 Å². The number of hydrogen-bond acceptors (Lipinski definition) is 4. The maximum absolute atomic E-state index is 13.4. The van der Waals surface area contributed by atoms with Gasteiger partial charge in [0.05, 0.1) is 11.4 Å². The molecule has 2 aromatic rings. The first-order valence-electron chi connectivity index (χ1n) is 11.2. The SMILES string of the molecule is CCc1cccc(C)c1NC(=O)CN1CCN(S(=O)(=O)c2c(C)c(C)cc(C)c2C)CC1. The summed E-state index contributed by atoms with van der Waals surface area (Å²) in [4.78, 5) is 15.1. The van der Waals surface area contributed by atoms with E-state index < -0.39 is 10.0 Å². The van der Waals surface area contributed by atoms with E-state index in [1.165, 1.54) is 0 Å². The third-order valence-electron chi connectivity index (χ3n) is 6.60. The molecule has 1 fully saturated rings. The molecule has 1 amide bonds. The van der Waals surface area contributed by atoms with Gasteiger partial charge in [-0.2, -0.15) is 4.31 Å². The minimum absolute atomic E-state index is 0.0636. The van der Waals surface area contributed by atoms with Crippen molar-refractivity contribution in [1.29, 1.82) is 0 Å². The van der Waals surface area contributed by atoms with Crippen LogP contribution in [0.25, 0.3) is 0 Å². The lowest BCUT2D eigenvalue weighted by atomic mass is 10.0. The molecule has 32 heavy (non-hydrogen) atoms. The molecule has 1 aliphatic heterocycles. The summed E-state index contributed by atoms with van der Waals surface area (Å²) in [5.74, 6) is -0.0636. The van der Waals surface area contributed by atoms with Crippen molar-refractivity contribution in [2.24, 2.45) is 0 Å². The van der Waals surface area contributed by atoms with Gasteiger partial charge in [0.2, 0.25) is 15.9 Å². The molecule has 6 nitrogen and oxygen atoms in total. The Labute approximate surface area is 192 Å². The first-order chi connectivity index (χ1) is 15.1. The van der Waals surface area contributed by atoms with Crippen molar-refractivity contribution < 1.29 is 13.2 Å². The Morgan fingerprint density at radius 2 is 1.53 bits per heavy atom. The lowest BCUT2D eigenvalue weighted by Crippen LogP contribution is -2.50. The van der Waals surface area contributed by atoms with Crippen LogP contribution in [0.3, 0.4) is 0 Å². The van der Waals surface area contributed by atoms with Gasteiger partial charge in [-0.25, -0.2) is 8.42 Å². The summed E-state index contributed by atoms with van der Waals surface area (Å²) in [7, 11) is -3.58. The molecule has 0 radical (unpaired) electrons. The molecule has 174 valence electrons. The predicted molar refractivity (Wildman–Crippen MR) is 130 cm³/mol. The number of hydrogen-bond donors (Lipinski definition) is 1. The largest absolute Gasteiger partial charge is 0.324 e. The maximum atomic E-state index is 13.4. The normalized spacial score (nSPS) is 15.7. The molecule has 2 aromatic carbocycles. The van der Waals surface area contributed by atoms with Gasteiger partial charge in [-0.3, -0.25) is 9.69 Å². The van der Waals surface area contributed by atoms with E-state index in [0.717, 1.165) is 45.5 Å². The molecular weight excluding hydrogens is 422 g/mol. The number of sulfonamides is 1. The second kappa shape index (κ2) is 9.73. The standard InChI is InChI=1S/C25H35N3O3S/c1-7-22-10-8-9-17(2)24(22)26-23(29)16-27-11-13-28(14-12-27)32(30,31)25-20(5)18(3)15-19(4)21(25)6/h8-10,15H,7,11-14,16H2,1-6H3,(H,26,29). The number of aryl methyl sites for hydroxylation is 4. The van der Waals surface area contributed by atoms with Crippen molar-refractivity contribution in [3.05, 3.63) is 57.6 Å². The molecule has 1 saturated heterocycles. The molecule has 0 aromatic heterocycles.